The average molecular weight is 1710 g/mol. The number of sulfonamides is 3. The van der Waals surface area contributed by atoms with Gasteiger partial charge in [0.2, 0.25) is 20.0 Å². The van der Waals surface area contributed by atoms with E-state index < -0.39 is 47.9 Å². The van der Waals surface area contributed by atoms with Crippen molar-refractivity contribution in [1.29, 1.82) is 0 Å². The molecule has 0 N–H and O–H groups in total. The molecule has 0 aliphatic carbocycles. The van der Waals surface area contributed by atoms with Crippen molar-refractivity contribution in [3.8, 4) is 17.2 Å². The van der Waals surface area contributed by atoms with Crippen LogP contribution in [0.2, 0.25) is 0 Å². The van der Waals surface area contributed by atoms with Crippen LogP contribution in [0.1, 0.15) is 148 Å². The summed E-state index contributed by atoms with van der Waals surface area (Å²) in [6, 6.07) is 35.9. The molecule has 0 radical (unpaired) electrons. The fourth-order valence-corrected chi connectivity index (χ4v) is 25.3. The number of rotatable bonds is 27. The molecule has 8 aromatic carbocycles. The molecule has 1 aromatic heterocycles. The number of ketones is 3. The van der Waals surface area contributed by atoms with Gasteiger partial charge in [0, 0.05) is 162 Å². The predicted octanol–water partition coefficient (Wildman–Crippen LogP) is 14.5. The number of piperidine rings is 3. The highest BCUT2D eigenvalue weighted by Crippen LogP contribution is 2.48. The maximum absolute atomic E-state index is 14.2. The number of hydrogen-bond donors (Lipinski definition) is 0. The molecular formula is C91H102N6O17S5. The molecule has 3 fully saturated rings. The summed E-state index contributed by atoms with van der Waals surface area (Å²) in [6.45, 7) is 14.9. The van der Waals surface area contributed by atoms with E-state index in [1.165, 1.54) is 36.4 Å². The van der Waals surface area contributed by atoms with Crippen molar-refractivity contribution < 1.29 is 77.7 Å². The van der Waals surface area contributed by atoms with Crippen LogP contribution in [0.15, 0.2) is 141 Å². The van der Waals surface area contributed by atoms with Crippen LogP contribution in [0.25, 0.3) is 32.3 Å². The summed E-state index contributed by atoms with van der Waals surface area (Å²) in [7, 11) is -8.04. The van der Waals surface area contributed by atoms with Gasteiger partial charge < -0.3 is 38.4 Å². The van der Waals surface area contributed by atoms with E-state index in [1.807, 2.05) is 131 Å². The number of anilines is 3. The number of ether oxygens (including phenoxy) is 5. The summed E-state index contributed by atoms with van der Waals surface area (Å²) in [6.07, 6.45) is 10.2. The van der Waals surface area contributed by atoms with E-state index in [-0.39, 0.29) is 82.1 Å². The molecule has 3 unspecified atom stereocenters. The average Bonchev–Trinajstić information content (AvgIpc) is 1.65. The molecule has 9 heterocycles. The summed E-state index contributed by atoms with van der Waals surface area (Å²) >= 11 is 2.95. The number of fused-ring (bicyclic) bond motifs is 2. The van der Waals surface area contributed by atoms with E-state index in [0.717, 1.165) is 126 Å². The molecule has 628 valence electrons. The van der Waals surface area contributed by atoms with E-state index in [0.29, 0.717) is 143 Å². The standard InChI is InChI=1S/C35H42N2O6S.C30H32N2O7S.C26H28N2O4S3/c1-21-22(2)33(23(3)28-19-35(4,5)43-32(21)28)44(40,41)36-15-8-10-25(20-36)30(38)18-24-13-14-29-31-26(24)11-7-12-27(31)34(39)37(29)16-9-17-42-6;1-37-14-4-13-32-25-10-8-20(23-6-2-7-24(29(23)25)30(32)34)17-26(33)21-5-3-12-31(19-21)40(35,36)22-9-11-27-28(18-22)39-16-15-38-27;1-33-15-6-13-27-22-12-11-18(19-7-4-8-20(25(19)22)26(27)30)17-23(29)21-9-2-3-14-28(21)35(31,32)24-10-5-16-34-24/h7,11-14,25H,8-10,15-20H2,1-6H3;2,6-11,18,21H,3-5,12-17,19H2,1H3;4-5,7-8,10-12,16,21H,2-3,6,9,13-15,17H2,1H3. The van der Waals surface area contributed by atoms with E-state index in [4.69, 9.17) is 23.7 Å². The Labute approximate surface area is 704 Å². The monoisotopic (exact) mass is 1710 g/mol. The smallest absolute Gasteiger partial charge is 0.258 e. The Morgan fingerprint density at radius 3 is 1.52 bits per heavy atom. The van der Waals surface area contributed by atoms with Gasteiger partial charge in [-0.25, -0.2) is 25.3 Å². The molecule has 8 aliphatic rings. The van der Waals surface area contributed by atoms with Gasteiger partial charge in [0.15, 0.2) is 17.3 Å². The van der Waals surface area contributed by atoms with Gasteiger partial charge in [0.1, 0.15) is 40.3 Å². The third-order valence-electron chi connectivity index (χ3n) is 24.5. The van der Waals surface area contributed by atoms with Gasteiger partial charge in [0.25, 0.3) is 27.7 Å². The molecule has 0 saturated carbocycles. The Balaban J connectivity index is 0.000000140. The first kappa shape index (κ1) is 85.1. The normalized spacial score (nSPS) is 19.0. The Hall–Kier alpha value is -8.94. The van der Waals surface area contributed by atoms with Gasteiger partial charge in [-0.3, -0.25) is 28.8 Å². The molecule has 28 heteroatoms. The van der Waals surface area contributed by atoms with E-state index in [2.05, 4.69) is 6.26 Å². The molecule has 3 saturated heterocycles. The van der Waals surface area contributed by atoms with Crippen molar-refractivity contribution in [1.82, 2.24) is 12.9 Å². The first-order valence-electron chi connectivity index (χ1n) is 41.1. The molecule has 8 aliphatic heterocycles. The van der Waals surface area contributed by atoms with Crippen molar-refractivity contribution >= 4 is 138 Å². The molecule has 0 spiro atoms. The minimum Gasteiger partial charge on any atom is -0.487 e. The quantitative estimate of drug-likeness (QED) is 0.0433. The fraction of sp³-hybridized carbons (Fsp3) is 0.429. The highest BCUT2D eigenvalue weighted by atomic mass is 32.2. The zero-order chi connectivity index (χ0) is 84.0. The molecule has 17 rings (SSSR count). The van der Waals surface area contributed by atoms with E-state index in [1.54, 1.807) is 59.4 Å². The van der Waals surface area contributed by atoms with Crippen molar-refractivity contribution in [2.75, 3.05) is 120 Å². The van der Waals surface area contributed by atoms with Crippen molar-refractivity contribution in [2.45, 2.75) is 150 Å². The lowest BCUT2D eigenvalue weighted by Crippen LogP contribution is -2.48. The second-order valence-corrected chi connectivity index (χ2v) is 40.4. The number of benzene rings is 8. The fourth-order valence-electron chi connectivity index (χ4n) is 18.5. The molecule has 3 amide bonds. The van der Waals surface area contributed by atoms with Crippen LogP contribution >= 0.6 is 23.1 Å². The number of nitrogens with zero attached hydrogens (tertiary/aromatic N) is 6. The summed E-state index contributed by atoms with van der Waals surface area (Å²) in [5.41, 5.74) is 10.1. The van der Waals surface area contributed by atoms with Crippen LogP contribution in [-0.4, -0.2) is 190 Å². The Kier molecular flexibility index (Phi) is 25.2. The lowest BCUT2D eigenvalue weighted by Gasteiger charge is -2.33. The van der Waals surface area contributed by atoms with Crippen LogP contribution in [0, 0.1) is 32.6 Å². The summed E-state index contributed by atoms with van der Waals surface area (Å²) < 4.78 is 114. The Bertz CT molecular complexity index is 5870. The molecule has 0 bridgehead atoms. The predicted molar refractivity (Wildman–Crippen MR) is 464 cm³/mol. The summed E-state index contributed by atoms with van der Waals surface area (Å²) in [4.78, 5) is 86.2. The van der Waals surface area contributed by atoms with Gasteiger partial charge in [-0.2, -0.15) is 24.7 Å². The minimum absolute atomic E-state index is 0.00375. The largest absolute Gasteiger partial charge is 0.487 e. The second kappa shape index (κ2) is 35.3. The number of methoxy groups -OCH3 is 2. The van der Waals surface area contributed by atoms with Crippen LogP contribution in [0.3, 0.4) is 0 Å². The molecule has 3 atom stereocenters. The highest BCUT2D eigenvalue weighted by Gasteiger charge is 2.44. The topological polar surface area (TPSA) is 270 Å². The van der Waals surface area contributed by atoms with Gasteiger partial charge >= 0.3 is 0 Å². The first-order valence-corrected chi connectivity index (χ1v) is 47.7. The summed E-state index contributed by atoms with van der Waals surface area (Å²) in [5, 5.41) is 7.10. The number of carbonyl (C=O) groups is 6. The Morgan fingerprint density at radius 2 is 1.03 bits per heavy atom. The van der Waals surface area contributed by atoms with Crippen LogP contribution in [0.5, 0.6) is 17.2 Å². The first-order chi connectivity index (χ1) is 57.2. The number of thioether (sulfide) groups is 1. The lowest BCUT2D eigenvalue weighted by atomic mass is 9.89. The number of carbonyl (C=O) groups excluding carboxylic acids is 6. The summed E-state index contributed by atoms with van der Waals surface area (Å²) in [5.74, 6) is 1.83. The van der Waals surface area contributed by atoms with Crippen molar-refractivity contribution in [3.63, 3.8) is 0 Å². The molecular weight excluding hydrogens is 1610 g/mol. The van der Waals surface area contributed by atoms with Crippen LogP contribution in [0.4, 0.5) is 17.1 Å². The van der Waals surface area contributed by atoms with Gasteiger partial charge in [-0.15, -0.1) is 11.3 Å². The Morgan fingerprint density at radius 1 is 0.529 bits per heavy atom. The number of hydrogen-bond acceptors (Lipinski definition) is 19. The SMILES string of the molecule is COCCCN1C(=O)c2cccc3c(CC(=O)C4CCCN(S(=O)(=O)c5c(C)c(C)c6c(c5C)CC(C)(C)O6)C4)ccc1c23.COCCCN1C(=O)c2cccc3c(CC(=O)C4CCCN(S(=O)(=O)c5ccc6c(c5)OCCO6)C4)ccc1c23.CSCCCN1C(=O)c2cccc3c(CC(=O)C4CCCCN4S(=O)(=O)c4cccs4)ccc1c23. The third kappa shape index (κ3) is 16.5. The maximum Gasteiger partial charge on any atom is 0.258 e. The van der Waals surface area contributed by atoms with Crippen LogP contribution < -0.4 is 28.9 Å². The molecule has 23 nitrogen and oxygen atoms in total. The van der Waals surface area contributed by atoms with Crippen molar-refractivity contribution in [3.05, 3.63) is 182 Å². The highest BCUT2D eigenvalue weighted by molar-refractivity contribution is 7.98. The van der Waals surface area contributed by atoms with Gasteiger partial charge in [-0.1, -0.05) is 67.1 Å². The zero-order valence-corrected chi connectivity index (χ0v) is 72.7. The van der Waals surface area contributed by atoms with E-state index >= 15 is 0 Å². The van der Waals surface area contributed by atoms with Gasteiger partial charge in [0.05, 0.1) is 32.9 Å². The van der Waals surface area contributed by atoms with Crippen molar-refractivity contribution in [2.24, 2.45) is 11.8 Å². The molecule has 119 heavy (non-hydrogen) atoms. The minimum atomic E-state index is -3.83. The maximum atomic E-state index is 14.2. The zero-order valence-electron chi connectivity index (χ0n) is 68.6. The van der Waals surface area contributed by atoms with E-state index in [9.17, 15) is 54.0 Å². The number of thiophene rings is 1. The number of amides is 3. The number of Topliss-reactive ketones (excluding diaryl/α,β-unsaturated/α-hetero) is 3. The molecule has 9 aromatic rings. The van der Waals surface area contributed by atoms with Crippen LogP contribution in [-0.2, 0) is 79.6 Å². The lowest BCUT2D eigenvalue weighted by molar-refractivity contribution is -0.124. The van der Waals surface area contributed by atoms with Gasteiger partial charge in [-0.05, 0) is 214 Å². The third-order valence-corrected chi connectivity index (χ3v) is 32.5. The second-order valence-electron chi connectivity index (χ2n) is 32.6.